The molecule has 0 amide bonds. The maximum atomic E-state index is 4.41. The van der Waals surface area contributed by atoms with Crippen molar-refractivity contribution in [3.63, 3.8) is 0 Å². The summed E-state index contributed by atoms with van der Waals surface area (Å²) >= 11 is 0. The van der Waals surface area contributed by atoms with Crippen molar-refractivity contribution in [3.05, 3.63) is 0 Å². The number of nitrogens with zero attached hydrogens (tertiary/aromatic N) is 1. The van der Waals surface area contributed by atoms with Crippen LogP contribution in [-0.4, -0.2) is 12.3 Å². The Hall–Kier alpha value is -0.330. The highest BCUT2D eigenvalue weighted by Crippen LogP contribution is 2.12. The number of aliphatic imine (C=N–C) groups is 1. The molecule has 0 spiro atoms. The second-order valence-corrected chi connectivity index (χ2v) is 4.22. The van der Waals surface area contributed by atoms with Gasteiger partial charge in [-0.3, -0.25) is 4.99 Å². The molecule has 0 heterocycles. The average Bonchev–Trinajstić information content (AvgIpc) is 2.04. The molecule has 0 saturated heterocycles. The van der Waals surface area contributed by atoms with Crippen molar-refractivity contribution in [2.75, 3.05) is 6.54 Å². The Balaban J connectivity index is 3.30. The standard InChI is InChI=1S/C12H25N/c1-5-6-7-8-12(4)9-10-13-11(2)3/h12H,5-10H2,1-4H3. The van der Waals surface area contributed by atoms with Crippen LogP contribution in [0.3, 0.4) is 0 Å². The summed E-state index contributed by atoms with van der Waals surface area (Å²) in [6.07, 6.45) is 6.76. The van der Waals surface area contributed by atoms with Gasteiger partial charge < -0.3 is 0 Å². The molecule has 78 valence electrons. The molecule has 0 saturated carbocycles. The number of hydrogen-bond donors (Lipinski definition) is 0. The minimum absolute atomic E-state index is 0.856. The Bertz CT molecular complexity index is 134. The van der Waals surface area contributed by atoms with Gasteiger partial charge in [0.2, 0.25) is 0 Å². The van der Waals surface area contributed by atoms with Crippen LogP contribution in [0.25, 0.3) is 0 Å². The van der Waals surface area contributed by atoms with E-state index in [4.69, 9.17) is 0 Å². The van der Waals surface area contributed by atoms with E-state index in [1.807, 2.05) is 0 Å². The third-order valence-corrected chi connectivity index (χ3v) is 2.35. The van der Waals surface area contributed by atoms with Gasteiger partial charge in [0.1, 0.15) is 0 Å². The molecule has 0 aromatic rings. The van der Waals surface area contributed by atoms with E-state index in [9.17, 15) is 0 Å². The lowest BCUT2D eigenvalue weighted by Gasteiger charge is -2.08. The van der Waals surface area contributed by atoms with Crippen LogP contribution in [0.4, 0.5) is 0 Å². The Kier molecular flexibility index (Phi) is 8.07. The fourth-order valence-electron chi connectivity index (χ4n) is 1.40. The highest BCUT2D eigenvalue weighted by atomic mass is 14.7. The zero-order chi connectivity index (χ0) is 10.1. The van der Waals surface area contributed by atoms with Crippen LogP contribution in [-0.2, 0) is 0 Å². The van der Waals surface area contributed by atoms with Gasteiger partial charge >= 0.3 is 0 Å². The smallest absolute Gasteiger partial charge is 0.0390 e. The predicted molar refractivity (Wildman–Crippen MR) is 61.6 cm³/mol. The molecule has 0 aromatic heterocycles. The third-order valence-electron chi connectivity index (χ3n) is 2.35. The first-order valence-corrected chi connectivity index (χ1v) is 5.64. The van der Waals surface area contributed by atoms with Crippen molar-refractivity contribution in [2.24, 2.45) is 10.9 Å². The van der Waals surface area contributed by atoms with Crippen LogP contribution < -0.4 is 0 Å². The molecule has 1 heteroatoms. The highest BCUT2D eigenvalue weighted by Gasteiger charge is 2.00. The average molecular weight is 183 g/mol. The quantitative estimate of drug-likeness (QED) is 0.416. The van der Waals surface area contributed by atoms with Gasteiger partial charge in [0.15, 0.2) is 0 Å². The molecule has 0 aliphatic carbocycles. The summed E-state index contributed by atoms with van der Waals surface area (Å²) in [5.74, 6) is 0.856. The van der Waals surface area contributed by atoms with Gasteiger partial charge in [0.05, 0.1) is 0 Å². The minimum Gasteiger partial charge on any atom is -0.295 e. The lowest BCUT2D eigenvalue weighted by Crippen LogP contribution is -1.98. The van der Waals surface area contributed by atoms with Crippen LogP contribution in [0, 0.1) is 5.92 Å². The van der Waals surface area contributed by atoms with Crippen LogP contribution in [0.5, 0.6) is 0 Å². The highest BCUT2D eigenvalue weighted by molar-refractivity contribution is 5.78. The first-order chi connectivity index (χ1) is 6.16. The summed E-state index contributed by atoms with van der Waals surface area (Å²) in [5.41, 5.74) is 1.21. The predicted octanol–water partition coefficient (Wildman–Crippen LogP) is 4.07. The molecular formula is C12H25N. The van der Waals surface area contributed by atoms with Crippen LogP contribution in [0.2, 0.25) is 0 Å². The second kappa shape index (κ2) is 8.28. The van der Waals surface area contributed by atoms with Gasteiger partial charge in [-0.1, -0.05) is 39.5 Å². The topological polar surface area (TPSA) is 12.4 Å². The van der Waals surface area contributed by atoms with Gasteiger partial charge in [0, 0.05) is 12.3 Å². The molecule has 0 N–H and O–H groups in total. The van der Waals surface area contributed by atoms with E-state index in [0.29, 0.717) is 0 Å². The molecule has 0 fully saturated rings. The van der Waals surface area contributed by atoms with E-state index in [2.05, 4.69) is 32.7 Å². The fraction of sp³-hybridized carbons (Fsp3) is 0.917. The fourth-order valence-corrected chi connectivity index (χ4v) is 1.40. The SMILES string of the molecule is CCCCCC(C)CCN=C(C)C. The van der Waals surface area contributed by atoms with E-state index < -0.39 is 0 Å². The van der Waals surface area contributed by atoms with Crippen molar-refractivity contribution in [3.8, 4) is 0 Å². The molecule has 0 aliphatic rings. The largest absolute Gasteiger partial charge is 0.295 e. The van der Waals surface area contributed by atoms with Crippen LogP contribution >= 0.6 is 0 Å². The van der Waals surface area contributed by atoms with Crippen molar-refractivity contribution < 1.29 is 0 Å². The number of unbranched alkanes of at least 4 members (excludes halogenated alkanes) is 2. The Morgan fingerprint density at radius 2 is 1.85 bits per heavy atom. The second-order valence-electron chi connectivity index (χ2n) is 4.22. The zero-order valence-electron chi connectivity index (χ0n) is 9.77. The molecule has 0 aliphatic heterocycles. The molecule has 1 nitrogen and oxygen atoms in total. The summed E-state index contributed by atoms with van der Waals surface area (Å²) in [4.78, 5) is 4.41. The summed E-state index contributed by atoms with van der Waals surface area (Å²) in [6, 6.07) is 0. The molecule has 0 rings (SSSR count). The van der Waals surface area contributed by atoms with E-state index >= 15 is 0 Å². The van der Waals surface area contributed by atoms with Gasteiger partial charge in [-0.25, -0.2) is 0 Å². The lowest BCUT2D eigenvalue weighted by atomic mass is 10.0. The molecular weight excluding hydrogens is 158 g/mol. The maximum Gasteiger partial charge on any atom is 0.0390 e. The molecule has 0 radical (unpaired) electrons. The van der Waals surface area contributed by atoms with Gasteiger partial charge in [-0.05, 0) is 26.2 Å². The van der Waals surface area contributed by atoms with Crippen molar-refractivity contribution in [2.45, 2.75) is 59.8 Å². The number of hydrogen-bond acceptors (Lipinski definition) is 1. The Morgan fingerprint density at radius 3 is 2.38 bits per heavy atom. The zero-order valence-corrected chi connectivity index (χ0v) is 9.77. The monoisotopic (exact) mass is 183 g/mol. The summed E-state index contributed by atoms with van der Waals surface area (Å²) in [7, 11) is 0. The first kappa shape index (κ1) is 12.7. The summed E-state index contributed by atoms with van der Waals surface area (Å²) in [5, 5.41) is 0. The Morgan fingerprint density at radius 1 is 1.15 bits per heavy atom. The van der Waals surface area contributed by atoms with Crippen LogP contribution in [0.15, 0.2) is 4.99 Å². The molecule has 1 unspecified atom stereocenters. The van der Waals surface area contributed by atoms with E-state index in [-0.39, 0.29) is 0 Å². The number of rotatable bonds is 7. The third kappa shape index (κ3) is 9.59. The normalized spacial score (nSPS) is 12.6. The van der Waals surface area contributed by atoms with E-state index in [1.165, 1.54) is 37.8 Å². The maximum absolute atomic E-state index is 4.41. The lowest BCUT2D eigenvalue weighted by molar-refractivity contribution is 0.470. The Labute approximate surface area is 83.6 Å². The van der Waals surface area contributed by atoms with Crippen molar-refractivity contribution in [1.29, 1.82) is 0 Å². The van der Waals surface area contributed by atoms with Gasteiger partial charge in [0.25, 0.3) is 0 Å². The van der Waals surface area contributed by atoms with Gasteiger partial charge in [-0.2, -0.15) is 0 Å². The van der Waals surface area contributed by atoms with E-state index in [0.717, 1.165) is 12.5 Å². The molecule has 0 aromatic carbocycles. The summed E-state index contributed by atoms with van der Waals surface area (Å²) < 4.78 is 0. The van der Waals surface area contributed by atoms with Crippen molar-refractivity contribution in [1.82, 2.24) is 0 Å². The minimum atomic E-state index is 0.856. The molecule has 0 bridgehead atoms. The first-order valence-electron chi connectivity index (χ1n) is 5.64. The van der Waals surface area contributed by atoms with Gasteiger partial charge in [-0.15, -0.1) is 0 Å². The van der Waals surface area contributed by atoms with Crippen LogP contribution in [0.1, 0.15) is 59.8 Å². The van der Waals surface area contributed by atoms with E-state index in [1.54, 1.807) is 0 Å². The van der Waals surface area contributed by atoms with Crippen molar-refractivity contribution >= 4 is 5.71 Å². The molecule has 13 heavy (non-hydrogen) atoms. The molecule has 1 atom stereocenters. The summed E-state index contributed by atoms with van der Waals surface area (Å²) in [6.45, 7) is 9.77.